The van der Waals surface area contributed by atoms with Crippen molar-refractivity contribution >= 4 is 10.8 Å². The summed E-state index contributed by atoms with van der Waals surface area (Å²) in [6.45, 7) is 2.35. The van der Waals surface area contributed by atoms with E-state index in [2.05, 4.69) is 4.74 Å². The average Bonchev–Trinajstić information content (AvgIpc) is 2.83. The molecule has 4 aromatic rings. The molecule has 2 nitrogen and oxygen atoms in total. The maximum absolute atomic E-state index is 15.2. The van der Waals surface area contributed by atoms with Gasteiger partial charge in [-0.05, 0) is 59.5 Å². The van der Waals surface area contributed by atoms with Crippen molar-refractivity contribution < 1.29 is 35.8 Å². The number of alkyl halides is 3. The minimum absolute atomic E-state index is 0.117. The van der Waals surface area contributed by atoms with Crippen molar-refractivity contribution in [2.75, 3.05) is 6.61 Å². The summed E-state index contributed by atoms with van der Waals surface area (Å²) in [6.07, 6.45) is -2.39. The molecule has 0 atom stereocenters. The molecule has 0 saturated carbocycles. The largest absolute Gasteiger partial charge is 0.573 e. The fraction of sp³-hybridized carbons (Fsp3) is 0.241. The Hall–Kier alpha value is -3.68. The normalized spacial score (nSPS) is 11.6. The Morgan fingerprint density at radius 3 is 2.11 bits per heavy atom. The van der Waals surface area contributed by atoms with Crippen LogP contribution in [0.2, 0.25) is 0 Å². The first-order chi connectivity index (χ1) is 17.6. The van der Waals surface area contributed by atoms with E-state index in [4.69, 9.17) is 4.74 Å². The summed E-state index contributed by atoms with van der Waals surface area (Å²) in [5.74, 6) is -2.20. The molecule has 0 spiro atoms. The molecule has 0 bridgehead atoms. The van der Waals surface area contributed by atoms with Crippen LogP contribution in [-0.2, 0) is 12.8 Å². The number of fused-ring (bicyclic) bond motifs is 1. The zero-order valence-electron chi connectivity index (χ0n) is 20.0. The Kier molecular flexibility index (Phi) is 7.95. The molecule has 0 aromatic heterocycles. The van der Waals surface area contributed by atoms with E-state index in [0.717, 1.165) is 30.5 Å². The predicted octanol–water partition coefficient (Wildman–Crippen LogP) is 8.79. The zero-order valence-corrected chi connectivity index (χ0v) is 20.0. The summed E-state index contributed by atoms with van der Waals surface area (Å²) in [6, 6.07) is 15.5. The summed E-state index contributed by atoms with van der Waals surface area (Å²) in [4.78, 5) is 0. The molecule has 0 heterocycles. The van der Waals surface area contributed by atoms with E-state index in [1.807, 2.05) is 6.92 Å². The topological polar surface area (TPSA) is 18.5 Å². The lowest BCUT2D eigenvalue weighted by Gasteiger charge is -2.12. The minimum Gasteiger partial charge on any atom is -0.493 e. The predicted molar refractivity (Wildman–Crippen MR) is 130 cm³/mol. The molecule has 0 saturated heterocycles. The summed E-state index contributed by atoms with van der Waals surface area (Å²) in [5.41, 5.74) is 1.20. The second kappa shape index (κ2) is 11.2. The number of halogens is 6. The van der Waals surface area contributed by atoms with Gasteiger partial charge >= 0.3 is 6.36 Å². The highest BCUT2D eigenvalue weighted by Gasteiger charge is 2.30. The molecule has 0 radical (unpaired) electrons. The Bertz CT molecular complexity index is 1360. The van der Waals surface area contributed by atoms with Crippen LogP contribution in [0.25, 0.3) is 21.9 Å². The van der Waals surface area contributed by atoms with E-state index >= 15 is 4.39 Å². The van der Waals surface area contributed by atoms with Gasteiger partial charge in [0.1, 0.15) is 29.0 Å². The fourth-order valence-electron chi connectivity index (χ4n) is 4.07. The Morgan fingerprint density at radius 1 is 0.757 bits per heavy atom. The number of ether oxygens (including phenoxy) is 2. The molecule has 8 heteroatoms. The van der Waals surface area contributed by atoms with Crippen molar-refractivity contribution in [1.29, 1.82) is 0 Å². The molecule has 37 heavy (non-hydrogen) atoms. The van der Waals surface area contributed by atoms with Crippen molar-refractivity contribution in [3.8, 4) is 22.6 Å². The molecule has 0 aliphatic heterocycles. The lowest BCUT2D eigenvalue weighted by Crippen LogP contribution is -2.17. The highest BCUT2D eigenvalue weighted by molar-refractivity contribution is 5.88. The van der Waals surface area contributed by atoms with Crippen molar-refractivity contribution in [3.63, 3.8) is 0 Å². The van der Waals surface area contributed by atoms with Crippen LogP contribution in [0, 0.1) is 17.5 Å². The van der Waals surface area contributed by atoms with Crippen LogP contribution in [0.15, 0.2) is 66.7 Å². The van der Waals surface area contributed by atoms with Gasteiger partial charge in [0.25, 0.3) is 0 Å². The van der Waals surface area contributed by atoms with Gasteiger partial charge in [-0.1, -0.05) is 49.7 Å². The number of hydrogen-bond donors (Lipinski definition) is 0. The van der Waals surface area contributed by atoms with E-state index in [0.29, 0.717) is 35.8 Å². The van der Waals surface area contributed by atoms with Gasteiger partial charge in [0.2, 0.25) is 0 Å². The number of unbranched alkanes of at least 4 members (excludes halogenated alkanes) is 1. The van der Waals surface area contributed by atoms with Crippen LogP contribution in [0.5, 0.6) is 11.5 Å². The first-order valence-corrected chi connectivity index (χ1v) is 11.8. The SMILES string of the molecule is CCCCOc1cc(F)c(-c2ccc3c(F)c(CCc4ccc(OC(F)(F)F)cc4)ccc3c2)c(F)c1. The molecule has 4 aromatic carbocycles. The smallest absolute Gasteiger partial charge is 0.493 e. The fourth-order valence-corrected chi connectivity index (χ4v) is 4.07. The number of benzene rings is 4. The van der Waals surface area contributed by atoms with Crippen LogP contribution < -0.4 is 9.47 Å². The van der Waals surface area contributed by atoms with Gasteiger partial charge in [0, 0.05) is 17.5 Å². The molecule has 0 fully saturated rings. The lowest BCUT2D eigenvalue weighted by molar-refractivity contribution is -0.274. The number of aryl methyl sites for hydroxylation is 2. The summed E-state index contributed by atoms with van der Waals surface area (Å²) < 4.78 is 90.9. The van der Waals surface area contributed by atoms with Gasteiger partial charge in [0.15, 0.2) is 0 Å². The van der Waals surface area contributed by atoms with Gasteiger partial charge in [-0.3, -0.25) is 0 Å². The Morgan fingerprint density at radius 2 is 1.46 bits per heavy atom. The molecule has 0 N–H and O–H groups in total. The highest BCUT2D eigenvalue weighted by Crippen LogP contribution is 2.33. The molecule has 0 unspecified atom stereocenters. The summed E-state index contributed by atoms with van der Waals surface area (Å²) in [5, 5.41) is 0.782. The number of rotatable bonds is 9. The molecule has 0 aliphatic carbocycles. The van der Waals surface area contributed by atoms with Crippen LogP contribution >= 0.6 is 0 Å². The van der Waals surface area contributed by atoms with Crippen molar-refractivity contribution in [3.05, 3.63) is 95.3 Å². The molecular formula is C29H24F6O2. The Balaban J connectivity index is 1.51. The second-order valence-electron chi connectivity index (χ2n) is 8.63. The Labute approximate surface area is 210 Å². The van der Waals surface area contributed by atoms with Crippen LogP contribution in [0.1, 0.15) is 30.9 Å². The lowest BCUT2D eigenvalue weighted by atomic mass is 9.96. The van der Waals surface area contributed by atoms with E-state index in [9.17, 15) is 22.0 Å². The third-order valence-corrected chi connectivity index (χ3v) is 5.94. The second-order valence-corrected chi connectivity index (χ2v) is 8.63. The van der Waals surface area contributed by atoms with Gasteiger partial charge in [-0.25, -0.2) is 13.2 Å². The van der Waals surface area contributed by atoms with Crippen molar-refractivity contribution in [2.24, 2.45) is 0 Å². The summed E-state index contributed by atoms with van der Waals surface area (Å²) in [7, 11) is 0. The standard InChI is InChI=1S/C29H24F6O2/c1-2-3-14-36-23-16-25(30)27(26(31)17-23)21-10-13-24-20(15-21)9-8-19(28(24)32)7-4-18-5-11-22(12-6-18)37-29(33,34)35/h5-6,8-13,15-17H,2-4,7,14H2,1H3. The molecule has 0 amide bonds. The quantitative estimate of drug-likeness (QED) is 0.163. The van der Waals surface area contributed by atoms with Gasteiger partial charge in [0.05, 0.1) is 12.2 Å². The average molecular weight is 518 g/mol. The van der Waals surface area contributed by atoms with Gasteiger partial charge < -0.3 is 9.47 Å². The first kappa shape index (κ1) is 26.4. The number of hydrogen-bond acceptors (Lipinski definition) is 2. The minimum atomic E-state index is -4.76. The maximum Gasteiger partial charge on any atom is 0.573 e. The summed E-state index contributed by atoms with van der Waals surface area (Å²) >= 11 is 0. The van der Waals surface area contributed by atoms with E-state index < -0.39 is 23.8 Å². The molecular weight excluding hydrogens is 494 g/mol. The third-order valence-electron chi connectivity index (χ3n) is 5.94. The highest BCUT2D eigenvalue weighted by atomic mass is 19.4. The van der Waals surface area contributed by atoms with Crippen LogP contribution in [0.4, 0.5) is 26.3 Å². The van der Waals surface area contributed by atoms with Crippen molar-refractivity contribution in [1.82, 2.24) is 0 Å². The molecule has 0 aliphatic rings. The van der Waals surface area contributed by atoms with Crippen molar-refractivity contribution in [2.45, 2.75) is 39.0 Å². The molecule has 194 valence electrons. The maximum atomic E-state index is 15.2. The van der Waals surface area contributed by atoms with E-state index in [1.165, 1.54) is 42.5 Å². The zero-order chi connectivity index (χ0) is 26.6. The van der Waals surface area contributed by atoms with E-state index in [1.54, 1.807) is 12.1 Å². The van der Waals surface area contributed by atoms with E-state index in [-0.39, 0.29) is 22.6 Å². The third kappa shape index (κ3) is 6.56. The first-order valence-electron chi connectivity index (χ1n) is 11.8. The van der Waals surface area contributed by atoms with Crippen LogP contribution in [0.3, 0.4) is 0 Å². The van der Waals surface area contributed by atoms with Gasteiger partial charge in [-0.2, -0.15) is 0 Å². The van der Waals surface area contributed by atoms with Crippen LogP contribution in [-0.4, -0.2) is 13.0 Å². The molecule has 4 rings (SSSR count). The monoisotopic (exact) mass is 518 g/mol. The van der Waals surface area contributed by atoms with Gasteiger partial charge in [-0.15, -0.1) is 13.2 Å².